The van der Waals surface area contributed by atoms with E-state index < -0.39 is 18.5 Å². The second kappa shape index (κ2) is 5.06. The molecule has 1 rings (SSSR count). The van der Waals surface area contributed by atoms with Gasteiger partial charge in [0.15, 0.2) is 0 Å². The lowest BCUT2D eigenvalue weighted by Gasteiger charge is -2.14. The number of halogens is 5. The van der Waals surface area contributed by atoms with Crippen LogP contribution in [0.2, 0.25) is 10.0 Å². The molecule has 0 aliphatic heterocycles. The maximum Gasteiger partial charge on any atom is 0.398 e. The van der Waals surface area contributed by atoms with Crippen LogP contribution in [-0.2, 0) is 11.2 Å². The van der Waals surface area contributed by atoms with Gasteiger partial charge < -0.3 is 4.79 Å². The SMILES string of the molecule is O=CC(Cc1ccc(Cl)c(Cl)c1)C(F)(F)F. The second-order valence-corrected chi connectivity index (χ2v) is 4.05. The molecule has 0 radical (unpaired) electrons. The summed E-state index contributed by atoms with van der Waals surface area (Å²) in [6, 6.07) is 4.14. The summed E-state index contributed by atoms with van der Waals surface area (Å²) in [6.45, 7) is 0. The molecule has 0 N–H and O–H groups in total. The third-order valence-corrected chi connectivity index (χ3v) is 2.76. The number of aldehydes is 1. The molecule has 0 aliphatic rings. The summed E-state index contributed by atoms with van der Waals surface area (Å²) >= 11 is 11.3. The summed E-state index contributed by atoms with van der Waals surface area (Å²) in [5.41, 5.74) is 0.323. The Labute approximate surface area is 100 Å². The van der Waals surface area contributed by atoms with Crippen LogP contribution in [0.1, 0.15) is 5.56 Å². The van der Waals surface area contributed by atoms with Crippen LogP contribution in [0.5, 0.6) is 0 Å². The fourth-order valence-electron chi connectivity index (χ4n) is 1.16. The van der Waals surface area contributed by atoms with Gasteiger partial charge in [-0.1, -0.05) is 29.3 Å². The van der Waals surface area contributed by atoms with Crippen LogP contribution in [0.25, 0.3) is 0 Å². The summed E-state index contributed by atoms with van der Waals surface area (Å²) in [5.74, 6) is -2.01. The number of benzene rings is 1. The van der Waals surface area contributed by atoms with Gasteiger partial charge in [-0.15, -0.1) is 0 Å². The van der Waals surface area contributed by atoms with Crippen molar-refractivity contribution >= 4 is 29.5 Å². The van der Waals surface area contributed by atoms with E-state index in [-0.39, 0.29) is 16.3 Å². The molecule has 88 valence electrons. The molecule has 0 aromatic heterocycles. The van der Waals surface area contributed by atoms with Crippen molar-refractivity contribution in [1.82, 2.24) is 0 Å². The van der Waals surface area contributed by atoms with Crippen LogP contribution in [0.3, 0.4) is 0 Å². The number of hydrogen-bond donors (Lipinski definition) is 0. The average Bonchev–Trinajstić information content (AvgIpc) is 2.18. The number of rotatable bonds is 3. The first kappa shape index (κ1) is 13.3. The van der Waals surface area contributed by atoms with E-state index in [1.165, 1.54) is 18.2 Å². The zero-order valence-electron chi connectivity index (χ0n) is 7.89. The van der Waals surface area contributed by atoms with Crippen molar-refractivity contribution in [1.29, 1.82) is 0 Å². The van der Waals surface area contributed by atoms with E-state index in [1.807, 2.05) is 0 Å². The third-order valence-electron chi connectivity index (χ3n) is 2.02. The summed E-state index contributed by atoms with van der Waals surface area (Å²) < 4.78 is 36.9. The van der Waals surface area contributed by atoms with Crippen LogP contribution in [0.15, 0.2) is 18.2 Å². The Morgan fingerprint density at radius 3 is 2.31 bits per heavy atom. The highest BCUT2D eigenvalue weighted by Crippen LogP contribution is 2.29. The molecule has 0 saturated heterocycles. The van der Waals surface area contributed by atoms with Crippen molar-refractivity contribution < 1.29 is 18.0 Å². The molecule has 1 nitrogen and oxygen atoms in total. The zero-order valence-corrected chi connectivity index (χ0v) is 9.40. The van der Waals surface area contributed by atoms with Gasteiger partial charge in [-0.2, -0.15) is 13.2 Å². The minimum atomic E-state index is -4.53. The van der Waals surface area contributed by atoms with Crippen molar-refractivity contribution in [2.24, 2.45) is 5.92 Å². The molecule has 0 spiro atoms. The Morgan fingerprint density at radius 2 is 1.88 bits per heavy atom. The predicted molar refractivity (Wildman–Crippen MR) is 55.8 cm³/mol. The number of carbonyl (C=O) groups is 1. The number of alkyl halides is 3. The van der Waals surface area contributed by atoms with E-state index in [1.54, 1.807) is 0 Å². The highest BCUT2D eigenvalue weighted by atomic mass is 35.5. The first-order chi connectivity index (χ1) is 7.34. The lowest BCUT2D eigenvalue weighted by atomic mass is 10.0. The van der Waals surface area contributed by atoms with E-state index >= 15 is 0 Å². The molecule has 0 saturated carbocycles. The first-order valence-electron chi connectivity index (χ1n) is 4.30. The van der Waals surface area contributed by atoms with Gasteiger partial charge >= 0.3 is 6.18 Å². The number of carbonyl (C=O) groups excluding carboxylic acids is 1. The van der Waals surface area contributed by atoms with Crippen LogP contribution in [0.4, 0.5) is 13.2 Å². The maximum atomic E-state index is 12.3. The van der Waals surface area contributed by atoms with Crippen LogP contribution < -0.4 is 0 Å². The summed E-state index contributed by atoms with van der Waals surface area (Å²) in [5, 5.41) is 0.436. The smallest absolute Gasteiger partial charge is 0.303 e. The van der Waals surface area contributed by atoms with E-state index in [9.17, 15) is 18.0 Å². The van der Waals surface area contributed by atoms with Crippen molar-refractivity contribution in [3.05, 3.63) is 33.8 Å². The van der Waals surface area contributed by atoms with Crippen molar-refractivity contribution in [3.63, 3.8) is 0 Å². The molecule has 6 heteroatoms. The largest absolute Gasteiger partial charge is 0.398 e. The average molecular weight is 271 g/mol. The van der Waals surface area contributed by atoms with Gasteiger partial charge in [0.2, 0.25) is 0 Å². The Bertz CT molecular complexity index is 390. The van der Waals surface area contributed by atoms with Gasteiger partial charge in [0, 0.05) is 0 Å². The van der Waals surface area contributed by atoms with E-state index in [2.05, 4.69) is 0 Å². The predicted octanol–water partition coefficient (Wildman–Crippen LogP) is 3.91. The topological polar surface area (TPSA) is 17.1 Å². The van der Waals surface area contributed by atoms with Crippen LogP contribution >= 0.6 is 23.2 Å². The Balaban J connectivity index is 2.87. The van der Waals surface area contributed by atoms with Crippen molar-refractivity contribution in [2.45, 2.75) is 12.6 Å². The van der Waals surface area contributed by atoms with Gasteiger partial charge in [-0.05, 0) is 24.1 Å². The normalized spacial score (nSPS) is 13.6. The molecule has 1 unspecified atom stereocenters. The summed E-state index contributed by atoms with van der Waals surface area (Å²) in [6.07, 6.45) is -5.07. The minimum Gasteiger partial charge on any atom is -0.303 e. The summed E-state index contributed by atoms with van der Waals surface area (Å²) in [4.78, 5) is 10.3. The molecular weight excluding hydrogens is 264 g/mol. The zero-order chi connectivity index (χ0) is 12.3. The molecule has 0 aliphatic carbocycles. The lowest BCUT2D eigenvalue weighted by molar-refractivity contribution is -0.174. The molecule has 1 atom stereocenters. The van der Waals surface area contributed by atoms with E-state index in [0.717, 1.165) is 0 Å². The molecule has 16 heavy (non-hydrogen) atoms. The standard InChI is InChI=1S/C10H7Cl2F3O/c11-8-2-1-6(4-9(8)12)3-7(5-16)10(13,14)15/h1-2,4-5,7H,3H2. The Kier molecular flexibility index (Phi) is 4.21. The molecule has 0 amide bonds. The molecular formula is C10H7Cl2F3O. The highest BCUT2D eigenvalue weighted by Gasteiger charge is 2.39. The Morgan fingerprint density at radius 1 is 1.25 bits per heavy atom. The monoisotopic (exact) mass is 270 g/mol. The Hall–Kier alpha value is -0.740. The quantitative estimate of drug-likeness (QED) is 0.761. The van der Waals surface area contributed by atoms with Gasteiger partial charge in [0.05, 0.1) is 10.0 Å². The molecule has 0 heterocycles. The molecule has 0 fully saturated rings. The van der Waals surface area contributed by atoms with Gasteiger partial charge in [-0.25, -0.2) is 0 Å². The lowest BCUT2D eigenvalue weighted by Crippen LogP contribution is -2.26. The maximum absolute atomic E-state index is 12.3. The first-order valence-corrected chi connectivity index (χ1v) is 5.06. The molecule has 1 aromatic carbocycles. The van der Waals surface area contributed by atoms with Crippen molar-refractivity contribution in [2.75, 3.05) is 0 Å². The van der Waals surface area contributed by atoms with E-state index in [4.69, 9.17) is 23.2 Å². The minimum absolute atomic E-state index is 0.109. The van der Waals surface area contributed by atoms with Gasteiger partial charge in [-0.3, -0.25) is 0 Å². The molecule has 0 bridgehead atoms. The van der Waals surface area contributed by atoms with Crippen molar-refractivity contribution in [3.8, 4) is 0 Å². The fourth-order valence-corrected chi connectivity index (χ4v) is 1.48. The molecule has 1 aromatic rings. The van der Waals surface area contributed by atoms with Gasteiger partial charge in [0.1, 0.15) is 12.2 Å². The highest BCUT2D eigenvalue weighted by molar-refractivity contribution is 6.42. The fraction of sp³-hybridized carbons (Fsp3) is 0.300. The number of hydrogen-bond acceptors (Lipinski definition) is 1. The third kappa shape index (κ3) is 3.39. The van der Waals surface area contributed by atoms with Crippen LogP contribution in [0, 0.1) is 5.92 Å². The van der Waals surface area contributed by atoms with E-state index in [0.29, 0.717) is 5.56 Å². The summed E-state index contributed by atoms with van der Waals surface area (Å²) in [7, 11) is 0. The second-order valence-electron chi connectivity index (χ2n) is 3.24. The van der Waals surface area contributed by atoms with Gasteiger partial charge in [0.25, 0.3) is 0 Å². The van der Waals surface area contributed by atoms with Crippen LogP contribution in [-0.4, -0.2) is 12.5 Å².